The van der Waals surface area contributed by atoms with E-state index in [0.717, 1.165) is 35.9 Å². The molecule has 1 aliphatic rings. The minimum Gasteiger partial charge on any atom is -0.497 e. The molecular weight excluding hydrogens is 324 g/mol. The Morgan fingerprint density at radius 1 is 1.22 bits per heavy atom. The van der Waals surface area contributed by atoms with Gasteiger partial charge < -0.3 is 9.64 Å². The molecule has 1 aromatic heterocycles. The van der Waals surface area contributed by atoms with Crippen LogP contribution in [0.3, 0.4) is 0 Å². The third-order valence-corrected chi connectivity index (χ3v) is 6.14. The lowest BCUT2D eigenvalue weighted by atomic mass is 10.00. The average Bonchev–Trinajstić information content (AvgIpc) is 3.05. The van der Waals surface area contributed by atoms with Gasteiger partial charge in [0.1, 0.15) is 5.75 Å². The maximum Gasteiger partial charge on any atom is 0.186 e. The van der Waals surface area contributed by atoms with E-state index in [9.17, 15) is 0 Å². The smallest absolute Gasteiger partial charge is 0.186 e. The molecule has 0 spiro atoms. The summed E-state index contributed by atoms with van der Waals surface area (Å²) in [6.07, 6.45) is 3.15. The van der Waals surface area contributed by atoms with Gasteiger partial charge in [0.15, 0.2) is 5.13 Å². The summed E-state index contributed by atoms with van der Waals surface area (Å²) in [5, 5.41) is 1.13. The largest absolute Gasteiger partial charge is 0.497 e. The normalized spacial score (nSPS) is 14.1. The van der Waals surface area contributed by atoms with Crippen LogP contribution in [0.1, 0.15) is 11.1 Å². The monoisotopic (exact) mass is 342 g/mol. The Morgan fingerprint density at radius 2 is 2.13 bits per heavy atom. The number of ether oxygens (including phenoxy) is 1. The number of thiazole rings is 1. The number of hydrogen-bond donors (Lipinski definition) is 0. The lowest BCUT2D eigenvalue weighted by Crippen LogP contribution is -2.30. The Balaban J connectivity index is 1.66. The molecule has 1 aliphatic heterocycles. The Hall–Kier alpha value is -1.72. The molecule has 0 bridgehead atoms. The molecule has 5 heteroatoms. The van der Waals surface area contributed by atoms with Crippen LogP contribution in [0.5, 0.6) is 5.75 Å². The fraction of sp³-hybridized carbons (Fsp3) is 0.278. The van der Waals surface area contributed by atoms with Gasteiger partial charge in [0.05, 0.1) is 17.3 Å². The van der Waals surface area contributed by atoms with Gasteiger partial charge in [-0.2, -0.15) is 0 Å². The number of anilines is 1. The van der Waals surface area contributed by atoms with Crippen molar-refractivity contribution in [2.75, 3.05) is 24.8 Å². The highest BCUT2D eigenvalue weighted by Gasteiger charge is 2.20. The summed E-state index contributed by atoms with van der Waals surface area (Å²) >= 11 is 3.56. The Bertz CT molecular complexity index is 859. The van der Waals surface area contributed by atoms with Crippen molar-refractivity contribution in [3.8, 4) is 5.75 Å². The molecule has 0 unspecified atom stereocenters. The van der Waals surface area contributed by atoms with Crippen LogP contribution in [0.2, 0.25) is 0 Å². The predicted octanol–water partition coefficient (Wildman–Crippen LogP) is 4.59. The van der Waals surface area contributed by atoms with E-state index in [0.29, 0.717) is 0 Å². The predicted molar refractivity (Wildman–Crippen MR) is 99.1 cm³/mol. The fourth-order valence-electron chi connectivity index (χ4n) is 3.03. The molecule has 23 heavy (non-hydrogen) atoms. The van der Waals surface area contributed by atoms with Crippen molar-refractivity contribution in [3.63, 3.8) is 0 Å². The summed E-state index contributed by atoms with van der Waals surface area (Å²) in [5.74, 6) is 0.946. The summed E-state index contributed by atoms with van der Waals surface area (Å²) in [6.45, 7) is 1.93. The third-order valence-electron chi connectivity index (χ3n) is 4.29. The Labute approximate surface area is 144 Å². The van der Waals surface area contributed by atoms with Crippen LogP contribution in [0, 0.1) is 0 Å². The molecule has 0 saturated carbocycles. The number of aromatic nitrogens is 1. The first-order valence-corrected chi connectivity index (χ1v) is 9.67. The second kappa shape index (κ2) is 6.06. The van der Waals surface area contributed by atoms with Crippen molar-refractivity contribution < 1.29 is 4.74 Å². The highest BCUT2D eigenvalue weighted by molar-refractivity contribution is 7.98. The zero-order valence-corrected chi connectivity index (χ0v) is 14.8. The van der Waals surface area contributed by atoms with Gasteiger partial charge in [-0.25, -0.2) is 4.98 Å². The summed E-state index contributed by atoms with van der Waals surface area (Å²) < 4.78 is 6.60. The van der Waals surface area contributed by atoms with Gasteiger partial charge in [-0.3, -0.25) is 0 Å². The summed E-state index contributed by atoms with van der Waals surface area (Å²) in [7, 11) is 1.72. The Kier molecular flexibility index (Phi) is 3.91. The lowest BCUT2D eigenvalue weighted by Gasteiger charge is -2.28. The quantitative estimate of drug-likeness (QED) is 0.650. The van der Waals surface area contributed by atoms with Crippen molar-refractivity contribution in [2.45, 2.75) is 17.9 Å². The van der Waals surface area contributed by atoms with E-state index in [4.69, 9.17) is 9.72 Å². The van der Waals surface area contributed by atoms with E-state index in [1.165, 1.54) is 20.7 Å². The van der Waals surface area contributed by atoms with Crippen LogP contribution >= 0.6 is 23.1 Å². The van der Waals surface area contributed by atoms with Crippen LogP contribution in [-0.2, 0) is 13.0 Å². The van der Waals surface area contributed by atoms with E-state index in [1.807, 2.05) is 6.07 Å². The van der Waals surface area contributed by atoms with Crippen LogP contribution in [0.25, 0.3) is 10.2 Å². The summed E-state index contributed by atoms with van der Waals surface area (Å²) in [4.78, 5) is 8.56. The maximum absolute atomic E-state index is 5.33. The fourth-order valence-corrected chi connectivity index (χ4v) is 4.68. The molecule has 0 radical (unpaired) electrons. The molecule has 4 rings (SSSR count). The van der Waals surface area contributed by atoms with Crippen molar-refractivity contribution in [1.29, 1.82) is 0 Å². The molecule has 2 heterocycles. The molecule has 0 saturated heterocycles. The molecule has 118 valence electrons. The molecule has 0 atom stereocenters. The molecule has 0 fully saturated rings. The van der Waals surface area contributed by atoms with Crippen molar-refractivity contribution >= 4 is 38.4 Å². The van der Waals surface area contributed by atoms with Crippen LogP contribution in [0.4, 0.5) is 5.13 Å². The molecule has 0 amide bonds. The van der Waals surface area contributed by atoms with Gasteiger partial charge in [0, 0.05) is 18.0 Å². The van der Waals surface area contributed by atoms with E-state index >= 15 is 0 Å². The van der Waals surface area contributed by atoms with Crippen molar-refractivity contribution in [2.24, 2.45) is 0 Å². The lowest BCUT2D eigenvalue weighted by molar-refractivity contribution is 0.414. The zero-order chi connectivity index (χ0) is 15.8. The first-order chi connectivity index (χ1) is 11.3. The topological polar surface area (TPSA) is 25.4 Å². The van der Waals surface area contributed by atoms with Gasteiger partial charge in [-0.1, -0.05) is 23.5 Å². The number of methoxy groups -OCH3 is 1. The molecule has 0 aliphatic carbocycles. The molecule has 0 N–H and O–H groups in total. The number of para-hydroxylation sites is 1. The van der Waals surface area contributed by atoms with Gasteiger partial charge in [-0.15, -0.1) is 11.8 Å². The van der Waals surface area contributed by atoms with E-state index in [-0.39, 0.29) is 0 Å². The number of thioether (sulfide) groups is 1. The molecule has 3 nitrogen and oxygen atoms in total. The SMILES string of the molecule is COc1ccc2c(c1)CCN(c1nc3c(SC)cccc3s1)C2. The second-order valence-electron chi connectivity index (χ2n) is 5.61. The van der Waals surface area contributed by atoms with Crippen LogP contribution < -0.4 is 9.64 Å². The van der Waals surface area contributed by atoms with E-state index < -0.39 is 0 Å². The molecule has 2 aromatic carbocycles. The number of fused-ring (bicyclic) bond motifs is 2. The molecular formula is C18H18N2OS2. The first-order valence-electron chi connectivity index (χ1n) is 7.63. The van der Waals surface area contributed by atoms with Gasteiger partial charge in [0.2, 0.25) is 0 Å². The van der Waals surface area contributed by atoms with Crippen LogP contribution in [-0.4, -0.2) is 24.9 Å². The zero-order valence-electron chi connectivity index (χ0n) is 13.2. The van der Waals surface area contributed by atoms with Gasteiger partial charge in [0.25, 0.3) is 0 Å². The minimum absolute atomic E-state index is 0.924. The van der Waals surface area contributed by atoms with E-state index in [1.54, 1.807) is 30.2 Å². The highest BCUT2D eigenvalue weighted by atomic mass is 32.2. The standard InChI is InChI=1S/C18H18N2OS2/c1-21-14-7-6-13-11-20(9-8-12(13)10-14)18-19-17-15(22-2)4-3-5-16(17)23-18/h3-7,10H,8-9,11H2,1-2H3. The highest BCUT2D eigenvalue weighted by Crippen LogP contribution is 2.36. The average molecular weight is 342 g/mol. The molecule has 3 aromatic rings. The van der Waals surface area contributed by atoms with Crippen LogP contribution in [0.15, 0.2) is 41.3 Å². The van der Waals surface area contributed by atoms with Gasteiger partial charge >= 0.3 is 0 Å². The second-order valence-corrected chi connectivity index (χ2v) is 7.47. The van der Waals surface area contributed by atoms with Gasteiger partial charge in [-0.05, 0) is 48.1 Å². The van der Waals surface area contributed by atoms with Crippen molar-refractivity contribution in [3.05, 3.63) is 47.5 Å². The van der Waals surface area contributed by atoms with E-state index in [2.05, 4.69) is 41.5 Å². The first kappa shape index (κ1) is 14.8. The van der Waals surface area contributed by atoms with Crippen molar-refractivity contribution in [1.82, 2.24) is 4.98 Å². The summed E-state index contributed by atoms with van der Waals surface area (Å²) in [5.41, 5.74) is 3.91. The maximum atomic E-state index is 5.33. The Morgan fingerprint density at radius 3 is 2.96 bits per heavy atom. The number of rotatable bonds is 3. The number of nitrogens with zero attached hydrogens (tertiary/aromatic N) is 2. The number of benzene rings is 2. The summed E-state index contributed by atoms with van der Waals surface area (Å²) in [6, 6.07) is 12.8. The third kappa shape index (κ3) is 2.68. The minimum atomic E-state index is 0.924. The number of hydrogen-bond acceptors (Lipinski definition) is 5.